The summed E-state index contributed by atoms with van der Waals surface area (Å²) in [7, 11) is -2.59. The van der Waals surface area contributed by atoms with Crippen LogP contribution in [0.5, 0.6) is 0 Å². The largest absolute Gasteiger partial charge is 0.337 e. The molecule has 4 aromatic carbocycles. The Kier molecular flexibility index (Phi) is 12.8. The number of sulfonamides is 1. The van der Waals surface area contributed by atoms with Crippen LogP contribution in [0.3, 0.4) is 0 Å². The Bertz CT molecular complexity index is 2450. The van der Waals surface area contributed by atoms with Crippen molar-refractivity contribution in [3.63, 3.8) is 0 Å². The lowest BCUT2D eigenvalue weighted by atomic mass is 9.92. The van der Waals surface area contributed by atoms with Crippen LogP contribution in [-0.2, 0) is 30.0 Å². The van der Waals surface area contributed by atoms with Crippen molar-refractivity contribution in [2.75, 3.05) is 19.6 Å². The summed E-state index contributed by atoms with van der Waals surface area (Å²) in [6.45, 7) is 5.56. The number of aromatic nitrogens is 2. The van der Waals surface area contributed by atoms with Crippen molar-refractivity contribution < 1.29 is 22.8 Å². The van der Waals surface area contributed by atoms with Crippen molar-refractivity contribution in [1.29, 1.82) is 0 Å². The molecule has 6 rings (SSSR count). The molecule has 15 heteroatoms. The van der Waals surface area contributed by atoms with Gasteiger partial charge in [-0.25, -0.2) is 18.1 Å². The third kappa shape index (κ3) is 8.74. The summed E-state index contributed by atoms with van der Waals surface area (Å²) in [6, 6.07) is 21.8. The Morgan fingerprint density at radius 2 is 1.71 bits per heavy atom. The molecule has 1 aromatic heterocycles. The van der Waals surface area contributed by atoms with Gasteiger partial charge in [0.15, 0.2) is 0 Å². The first-order chi connectivity index (χ1) is 26.9. The molecule has 0 bridgehead atoms. The summed E-state index contributed by atoms with van der Waals surface area (Å²) >= 11 is 2.13. The zero-order valence-electron chi connectivity index (χ0n) is 31.5. The van der Waals surface area contributed by atoms with Gasteiger partial charge in [-0.15, -0.1) is 0 Å². The number of amides is 3. The average Bonchev–Trinajstić information content (AvgIpc) is 3.59. The molecule has 3 amide bonds. The van der Waals surface area contributed by atoms with Gasteiger partial charge in [-0.2, -0.15) is 0 Å². The van der Waals surface area contributed by atoms with Crippen LogP contribution in [0.1, 0.15) is 81.9 Å². The monoisotopic (exact) mass is 886 g/mol. The standard InChI is InChI=1S/C41H43IN8O5S/c1-4-6-19-49(20-7-5-2)41(53)37-26-48(3)38(45-37)33-18-16-29(39(51)46-56(54,55)32-17-15-27-13-10-14-36(42)34(27)23-32)22-35(33)40(52)50-25-30-12-9-8-11-28(30)21-31(50)24-44-47-43/h8-18,22-23,26,31H,4-7,19-21,24-25H2,1-3H3,(H,46,51). The van der Waals surface area contributed by atoms with Gasteiger partial charge in [-0.3, -0.25) is 14.4 Å². The van der Waals surface area contributed by atoms with Gasteiger partial charge in [0.25, 0.3) is 27.7 Å². The van der Waals surface area contributed by atoms with Gasteiger partial charge in [0, 0.05) is 65.1 Å². The van der Waals surface area contributed by atoms with Gasteiger partial charge in [0.1, 0.15) is 11.5 Å². The quantitative estimate of drug-likeness (QED) is 0.0515. The average molecular weight is 887 g/mol. The minimum Gasteiger partial charge on any atom is -0.337 e. The molecule has 290 valence electrons. The Hall–Kier alpha value is -5.25. The molecule has 1 N–H and O–H groups in total. The van der Waals surface area contributed by atoms with Gasteiger partial charge < -0.3 is 14.4 Å². The molecule has 0 aliphatic carbocycles. The summed E-state index contributed by atoms with van der Waals surface area (Å²) in [5.74, 6) is -1.30. The van der Waals surface area contributed by atoms with Crippen molar-refractivity contribution in [1.82, 2.24) is 24.1 Å². The first-order valence-electron chi connectivity index (χ1n) is 18.6. The Labute approximate surface area is 339 Å². The summed E-state index contributed by atoms with van der Waals surface area (Å²) in [5.41, 5.74) is 11.7. The summed E-state index contributed by atoms with van der Waals surface area (Å²) in [5, 5.41) is 5.39. The van der Waals surface area contributed by atoms with E-state index in [1.807, 2.05) is 42.5 Å². The minimum absolute atomic E-state index is 0.0153. The molecule has 0 fully saturated rings. The lowest BCUT2D eigenvalue weighted by molar-refractivity contribution is 0.0648. The molecule has 0 saturated carbocycles. The fourth-order valence-corrected chi connectivity index (χ4v) is 8.62. The number of nitrogens with one attached hydrogen (secondary N) is 1. The van der Waals surface area contributed by atoms with Crippen molar-refractivity contribution in [2.45, 2.75) is 63.4 Å². The molecule has 2 heterocycles. The summed E-state index contributed by atoms with van der Waals surface area (Å²) in [4.78, 5) is 53.5. The Morgan fingerprint density at radius 3 is 2.43 bits per heavy atom. The van der Waals surface area contributed by atoms with Gasteiger partial charge in [-0.1, -0.05) is 74.3 Å². The molecular weight excluding hydrogens is 843 g/mol. The smallest absolute Gasteiger partial charge is 0.274 e. The van der Waals surface area contributed by atoms with Gasteiger partial charge >= 0.3 is 0 Å². The van der Waals surface area contributed by atoms with Crippen molar-refractivity contribution in [2.24, 2.45) is 12.2 Å². The number of benzene rings is 4. The molecule has 5 aromatic rings. The lowest BCUT2D eigenvalue weighted by Crippen LogP contribution is -2.46. The number of aryl methyl sites for hydroxylation is 1. The van der Waals surface area contributed by atoms with Gasteiger partial charge in [0.2, 0.25) is 0 Å². The summed E-state index contributed by atoms with van der Waals surface area (Å²) in [6.07, 6.45) is 5.63. The number of nitrogens with zero attached hydrogens (tertiary/aromatic N) is 7. The number of carbonyl (C=O) groups is 3. The molecule has 56 heavy (non-hydrogen) atoms. The highest BCUT2D eigenvalue weighted by Gasteiger charge is 2.33. The number of imidazole rings is 1. The number of fused-ring (bicyclic) bond motifs is 2. The van der Waals surface area contributed by atoms with E-state index in [0.29, 0.717) is 30.9 Å². The van der Waals surface area contributed by atoms with E-state index < -0.39 is 27.9 Å². The molecule has 1 unspecified atom stereocenters. The third-order valence-electron chi connectivity index (χ3n) is 10.0. The molecule has 1 atom stereocenters. The van der Waals surface area contributed by atoms with Crippen molar-refractivity contribution in [3.8, 4) is 11.4 Å². The second kappa shape index (κ2) is 17.7. The van der Waals surface area contributed by atoms with Crippen LogP contribution in [0.4, 0.5) is 0 Å². The topological polar surface area (TPSA) is 170 Å². The van der Waals surface area contributed by atoms with Gasteiger partial charge in [-0.05, 0) is 106 Å². The maximum atomic E-state index is 14.8. The van der Waals surface area contributed by atoms with Crippen molar-refractivity contribution >= 4 is 61.1 Å². The fraction of sp³-hybridized carbons (Fsp3) is 0.317. The Morgan fingerprint density at radius 1 is 0.982 bits per heavy atom. The Balaban J connectivity index is 1.41. The summed E-state index contributed by atoms with van der Waals surface area (Å²) < 4.78 is 31.9. The highest BCUT2D eigenvalue weighted by molar-refractivity contribution is 14.1. The van der Waals surface area contributed by atoms with Crippen LogP contribution in [0.25, 0.3) is 32.6 Å². The van der Waals surface area contributed by atoms with Gasteiger partial charge in [0.05, 0.1) is 10.5 Å². The second-order valence-corrected chi connectivity index (χ2v) is 16.7. The fourth-order valence-electron chi connectivity index (χ4n) is 6.95. The SMILES string of the molecule is CCCCN(CCCC)C(=O)c1cn(C)c(-c2ccc(C(=O)NS(=O)(=O)c3ccc4cccc(I)c4c3)cc2C(=O)N2Cc3ccccc3CC2CN=[N+]=[N-])n1. The van der Waals surface area contributed by atoms with E-state index in [2.05, 4.69) is 51.2 Å². The van der Waals surface area contributed by atoms with E-state index in [0.717, 1.165) is 51.2 Å². The number of unbranched alkanes of at least 4 members (excludes halogenated alkanes) is 2. The lowest BCUT2D eigenvalue weighted by Gasteiger charge is -2.36. The second-order valence-electron chi connectivity index (χ2n) is 13.9. The van der Waals surface area contributed by atoms with Crippen LogP contribution in [-0.4, -0.2) is 71.2 Å². The predicted molar refractivity (Wildman–Crippen MR) is 224 cm³/mol. The molecule has 1 aliphatic rings. The number of carbonyl (C=O) groups excluding carboxylic acids is 3. The molecule has 0 radical (unpaired) electrons. The number of azide groups is 1. The molecule has 13 nitrogen and oxygen atoms in total. The van der Waals surface area contributed by atoms with Crippen LogP contribution in [0, 0.1) is 3.57 Å². The molecular formula is C41H43IN8O5S. The zero-order valence-corrected chi connectivity index (χ0v) is 34.5. The molecule has 1 aliphatic heterocycles. The molecule has 0 saturated heterocycles. The predicted octanol–water partition coefficient (Wildman–Crippen LogP) is 7.88. The normalized spacial score (nSPS) is 13.9. The minimum atomic E-state index is -4.32. The van der Waals surface area contributed by atoms with E-state index in [9.17, 15) is 28.3 Å². The van der Waals surface area contributed by atoms with Crippen LogP contribution in [0.2, 0.25) is 0 Å². The maximum Gasteiger partial charge on any atom is 0.274 e. The zero-order chi connectivity index (χ0) is 40.0. The van der Waals surface area contributed by atoms with Crippen LogP contribution < -0.4 is 4.72 Å². The first kappa shape index (κ1) is 40.4. The van der Waals surface area contributed by atoms with Crippen LogP contribution in [0.15, 0.2) is 95.1 Å². The van der Waals surface area contributed by atoms with Crippen LogP contribution >= 0.6 is 22.6 Å². The number of rotatable bonds is 14. The van der Waals surface area contributed by atoms with E-state index >= 15 is 0 Å². The third-order valence-corrected chi connectivity index (χ3v) is 12.3. The van der Waals surface area contributed by atoms with E-state index in [-0.39, 0.29) is 40.7 Å². The van der Waals surface area contributed by atoms with E-state index in [1.165, 1.54) is 24.3 Å². The van der Waals surface area contributed by atoms with Crippen molar-refractivity contribution in [3.05, 3.63) is 127 Å². The highest BCUT2D eigenvalue weighted by Crippen LogP contribution is 2.31. The highest BCUT2D eigenvalue weighted by atomic mass is 127. The number of hydrogen-bond acceptors (Lipinski definition) is 7. The first-order valence-corrected chi connectivity index (χ1v) is 21.1. The van der Waals surface area contributed by atoms with E-state index in [1.54, 1.807) is 39.7 Å². The number of halogens is 1. The molecule has 0 spiro atoms. The maximum absolute atomic E-state index is 14.8. The van der Waals surface area contributed by atoms with E-state index in [4.69, 9.17) is 4.98 Å². The number of hydrogen-bond donors (Lipinski definition) is 1.